The predicted molar refractivity (Wildman–Crippen MR) is 79.3 cm³/mol. The summed E-state index contributed by atoms with van der Waals surface area (Å²) in [6.45, 7) is 3.03. The van der Waals surface area contributed by atoms with E-state index in [4.69, 9.17) is 0 Å². The van der Waals surface area contributed by atoms with E-state index in [1.165, 1.54) is 0 Å². The second-order valence-corrected chi connectivity index (χ2v) is 7.73. The lowest BCUT2D eigenvalue weighted by atomic mass is 10.1. The van der Waals surface area contributed by atoms with E-state index in [0.717, 1.165) is 38.6 Å². The Kier molecular flexibility index (Phi) is 5.59. The molecule has 0 radical (unpaired) electrons. The molecule has 2 aliphatic rings. The van der Waals surface area contributed by atoms with Crippen LogP contribution in [0, 0.1) is 0 Å². The van der Waals surface area contributed by atoms with Crippen LogP contribution in [0.3, 0.4) is 0 Å². The SMILES string of the molecule is CS(=O)(=O)NCCC(=O)N1CCN(C2CCCC2O)CC1. The van der Waals surface area contributed by atoms with Gasteiger partial charge in [0.05, 0.1) is 12.4 Å². The smallest absolute Gasteiger partial charge is 0.223 e. The minimum Gasteiger partial charge on any atom is -0.391 e. The van der Waals surface area contributed by atoms with Gasteiger partial charge in [0.2, 0.25) is 15.9 Å². The zero-order valence-corrected chi connectivity index (χ0v) is 13.3. The highest BCUT2D eigenvalue weighted by Gasteiger charge is 2.33. The Morgan fingerprint density at radius 2 is 1.90 bits per heavy atom. The van der Waals surface area contributed by atoms with Crippen molar-refractivity contribution in [3.63, 3.8) is 0 Å². The van der Waals surface area contributed by atoms with E-state index in [9.17, 15) is 18.3 Å². The highest BCUT2D eigenvalue weighted by Crippen LogP contribution is 2.25. The number of carbonyl (C=O) groups is 1. The van der Waals surface area contributed by atoms with Crippen molar-refractivity contribution in [3.8, 4) is 0 Å². The number of nitrogens with one attached hydrogen (secondary N) is 1. The minimum absolute atomic E-state index is 0.0160. The molecule has 0 bridgehead atoms. The molecular weight excluding hydrogens is 294 g/mol. The van der Waals surface area contributed by atoms with Crippen molar-refractivity contribution in [1.29, 1.82) is 0 Å². The van der Waals surface area contributed by atoms with Crippen molar-refractivity contribution < 1.29 is 18.3 Å². The topological polar surface area (TPSA) is 90.0 Å². The van der Waals surface area contributed by atoms with Gasteiger partial charge in [-0.25, -0.2) is 13.1 Å². The summed E-state index contributed by atoms with van der Waals surface area (Å²) in [5.41, 5.74) is 0. The van der Waals surface area contributed by atoms with Gasteiger partial charge >= 0.3 is 0 Å². The van der Waals surface area contributed by atoms with Gasteiger partial charge < -0.3 is 10.0 Å². The van der Waals surface area contributed by atoms with E-state index in [1.54, 1.807) is 4.90 Å². The number of amides is 1. The van der Waals surface area contributed by atoms with E-state index < -0.39 is 10.0 Å². The fourth-order valence-electron chi connectivity index (χ4n) is 3.15. The number of hydrogen-bond acceptors (Lipinski definition) is 5. The Morgan fingerprint density at radius 3 is 2.43 bits per heavy atom. The number of sulfonamides is 1. The van der Waals surface area contributed by atoms with E-state index in [0.29, 0.717) is 13.1 Å². The van der Waals surface area contributed by atoms with Crippen LogP contribution in [0.5, 0.6) is 0 Å². The lowest BCUT2D eigenvalue weighted by Gasteiger charge is -2.39. The molecule has 1 aliphatic carbocycles. The van der Waals surface area contributed by atoms with Crippen molar-refractivity contribution in [2.24, 2.45) is 0 Å². The Bertz CT molecular complexity index is 460. The number of hydrogen-bond donors (Lipinski definition) is 2. The number of nitrogens with zero attached hydrogens (tertiary/aromatic N) is 2. The van der Waals surface area contributed by atoms with Gasteiger partial charge in [0.1, 0.15) is 0 Å². The molecule has 122 valence electrons. The first-order valence-corrected chi connectivity index (χ1v) is 9.40. The molecule has 0 spiro atoms. The first-order chi connectivity index (χ1) is 9.87. The molecule has 7 nitrogen and oxygen atoms in total. The van der Waals surface area contributed by atoms with E-state index >= 15 is 0 Å². The Hall–Kier alpha value is -0.700. The molecule has 2 fully saturated rings. The molecule has 1 heterocycles. The second-order valence-electron chi connectivity index (χ2n) is 5.90. The van der Waals surface area contributed by atoms with Crippen LogP contribution in [0.2, 0.25) is 0 Å². The lowest BCUT2D eigenvalue weighted by Crippen LogP contribution is -2.53. The normalized spacial score (nSPS) is 28.0. The van der Waals surface area contributed by atoms with Gasteiger partial charge in [-0.05, 0) is 19.3 Å². The van der Waals surface area contributed by atoms with Crippen LogP contribution in [0.4, 0.5) is 0 Å². The molecule has 2 rings (SSSR count). The zero-order chi connectivity index (χ0) is 15.5. The largest absolute Gasteiger partial charge is 0.391 e. The standard InChI is InChI=1S/C13H25N3O4S/c1-21(19,20)14-6-5-13(18)16-9-7-15(8-10-16)11-3-2-4-12(11)17/h11-12,14,17H,2-10H2,1H3. The summed E-state index contributed by atoms with van der Waals surface area (Å²) >= 11 is 0. The summed E-state index contributed by atoms with van der Waals surface area (Å²) in [5.74, 6) is -0.0160. The van der Waals surface area contributed by atoms with Crippen LogP contribution < -0.4 is 4.72 Å². The number of aliphatic hydroxyl groups is 1. The molecule has 1 aliphatic heterocycles. The summed E-state index contributed by atoms with van der Waals surface area (Å²) in [6.07, 6.45) is 4.03. The Labute approximate surface area is 126 Å². The monoisotopic (exact) mass is 319 g/mol. The molecule has 2 unspecified atom stereocenters. The maximum atomic E-state index is 12.0. The highest BCUT2D eigenvalue weighted by molar-refractivity contribution is 7.88. The molecule has 1 amide bonds. The van der Waals surface area contributed by atoms with E-state index in [1.807, 2.05) is 0 Å². The molecule has 2 N–H and O–H groups in total. The van der Waals surface area contributed by atoms with Crippen LogP contribution in [0.1, 0.15) is 25.7 Å². The molecule has 0 aromatic carbocycles. The summed E-state index contributed by atoms with van der Waals surface area (Å²) in [6, 6.07) is 0.245. The van der Waals surface area contributed by atoms with Crippen LogP contribution in [-0.2, 0) is 14.8 Å². The van der Waals surface area contributed by atoms with Crippen LogP contribution in [-0.4, -0.2) is 80.4 Å². The average Bonchev–Trinajstić information content (AvgIpc) is 2.83. The summed E-state index contributed by atoms with van der Waals surface area (Å²) in [5, 5.41) is 9.92. The molecule has 21 heavy (non-hydrogen) atoms. The fraction of sp³-hybridized carbons (Fsp3) is 0.923. The summed E-state index contributed by atoms with van der Waals surface area (Å²) in [7, 11) is -3.23. The molecule has 0 aromatic rings. The first kappa shape index (κ1) is 16.7. The van der Waals surface area contributed by atoms with Gasteiger partial charge in [-0.3, -0.25) is 9.69 Å². The lowest BCUT2D eigenvalue weighted by molar-refractivity contribution is -0.133. The van der Waals surface area contributed by atoms with Crippen molar-refractivity contribution >= 4 is 15.9 Å². The predicted octanol–water partition coefficient (Wildman–Crippen LogP) is -1.02. The summed E-state index contributed by atoms with van der Waals surface area (Å²) in [4.78, 5) is 16.1. The second kappa shape index (κ2) is 7.04. The van der Waals surface area contributed by atoms with Crippen LogP contribution >= 0.6 is 0 Å². The molecule has 1 saturated carbocycles. The van der Waals surface area contributed by atoms with Crippen molar-refractivity contribution in [2.75, 3.05) is 39.0 Å². The third-order valence-electron chi connectivity index (χ3n) is 4.28. The van der Waals surface area contributed by atoms with E-state index in [2.05, 4.69) is 9.62 Å². The fourth-order valence-corrected chi connectivity index (χ4v) is 3.62. The number of piperazine rings is 1. The third kappa shape index (κ3) is 4.91. The van der Waals surface area contributed by atoms with Gasteiger partial charge in [-0.1, -0.05) is 0 Å². The van der Waals surface area contributed by atoms with Gasteiger partial charge in [0, 0.05) is 45.2 Å². The molecular formula is C13H25N3O4S. The minimum atomic E-state index is -3.23. The molecule has 1 saturated heterocycles. The highest BCUT2D eigenvalue weighted by atomic mass is 32.2. The van der Waals surface area contributed by atoms with E-state index in [-0.39, 0.29) is 31.0 Å². The first-order valence-electron chi connectivity index (χ1n) is 7.51. The molecule has 2 atom stereocenters. The number of aliphatic hydroxyl groups excluding tert-OH is 1. The van der Waals surface area contributed by atoms with Gasteiger partial charge in [-0.2, -0.15) is 0 Å². The van der Waals surface area contributed by atoms with Crippen molar-refractivity contribution in [3.05, 3.63) is 0 Å². The van der Waals surface area contributed by atoms with Crippen molar-refractivity contribution in [2.45, 2.75) is 37.8 Å². The maximum Gasteiger partial charge on any atom is 0.223 e. The maximum absolute atomic E-state index is 12.0. The van der Waals surface area contributed by atoms with Gasteiger partial charge in [0.15, 0.2) is 0 Å². The summed E-state index contributed by atoms with van der Waals surface area (Å²) < 4.78 is 24.2. The Balaban J connectivity index is 1.72. The third-order valence-corrected chi connectivity index (χ3v) is 5.01. The van der Waals surface area contributed by atoms with Gasteiger partial charge in [0.25, 0.3) is 0 Å². The van der Waals surface area contributed by atoms with Crippen LogP contribution in [0.15, 0.2) is 0 Å². The van der Waals surface area contributed by atoms with Gasteiger partial charge in [-0.15, -0.1) is 0 Å². The molecule has 8 heteroatoms. The van der Waals surface area contributed by atoms with Crippen LogP contribution in [0.25, 0.3) is 0 Å². The number of rotatable bonds is 5. The zero-order valence-electron chi connectivity index (χ0n) is 12.5. The average molecular weight is 319 g/mol. The number of carbonyl (C=O) groups excluding carboxylic acids is 1. The quantitative estimate of drug-likeness (QED) is 0.677. The van der Waals surface area contributed by atoms with Crippen molar-refractivity contribution in [1.82, 2.24) is 14.5 Å². The molecule has 0 aromatic heterocycles. The Morgan fingerprint density at radius 1 is 1.24 bits per heavy atom.